The van der Waals surface area contributed by atoms with E-state index in [1.807, 2.05) is 35.8 Å². The molecule has 0 saturated carbocycles. The van der Waals surface area contributed by atoms with Crippen molar-refractivity contribution >= 4 is 23.7 Å². The standard InChI is InChI=1S/C14H17N5O2S/c1-9-6-4-5-7-11(9)19-8-16-18-14(19)22-10(2)12(20)17-13(21)15-3/h4-8,10H,1-3H3,(H2,15,17,20,21). The van der Waals surface area contributed by atoms with E-state index < -0.39 is 11.3 Å². The number of nitrogens with one attached hydrogen (secondary N) is 2. The molecular formula is C14H17N5O2S. The van der Waals surface area contributed by atoms with Gasteiger partial charge < -0.3 is 5.32 Å². The highest BCUT2D eigenvalue weighted by Gasteiger charge is 2.20. The maximum absolute atomic E-state index is 11.9. The lowest BCUT2D eigenvalue weighted by Crippen LogP contribution is -2.41. The van der Waals surface area contributed by atoms with Crippen LogP contribution in [0.15, 0.2) is 35.7 Å². The van der Waals surface area contributed by atoms with Crippen molar-refractivity contribution in [1.82, 2.24) is 25.4 Å². The molecule has 0 aliphatic carbocycles. The molecule has 3 amide bonds. The van der Waals surface area contributed by atoms with Gasteiger partial charge in [0, 0.05) is 7.05 Å². The predicted octanol–water partition coefficient (Wildman–Crippen LogP) is 1.51. The van der Waals surface area contributed by atoms with E-state index in [0.29, 0.717) is 5.16 Å². The highest BCUT2D eigenvalue weighted by atomic mass is 32.2. The molecule has 0 saturated heterocycles. The van der Waals surface area contributed by atoms with Gasteiger partial charge >= 0.3 is 6.03 Å². The summed E-state index contributed by atoms with van der Waals surface area (Å²) in [6, 6.07) is 7.30. The highest BCUT2D eigenvalue weighted by Crippen LogP contribution is 2.25. The van der Waals surface area contributed by atoms with E-state index in [1.165, 1.54) is 18.8 Å². The van der Waals surface area contributed by atoms with Crippen LogP contribution in [0.25, 0.3) is 5.69 Å². The summed E-state index contributed by atoms with van der Waals surface area (Å²) < 4.78 is 1.82. The monoisotopic (exact) mass is 319 g/mol. The quantitative estimate of drug-likeness (QED) is 0.834. The minimum atomic E-state index is -0.530. The first-order valence-electron chi connectivity index (χ1n) is 6.68. The molecule has 116 valence electrons. The molecule has 0 fully saturated rings. The van der Waals surface area contributed by atoms with Crippen LogP contribution in [-0.2, 0) is 4.79 Å². The van der Waals surface area contributed by atoms with Gasteiger partial charge in [-0.05, 0) is 25.5 Å². The zero-order chi connectivity index (χ0) is 16.1. The summed E-state index contributed by atoms with van der Waals surface area (Å²) in [5.41, 5.74) is 2.03. The van der Waals surface area contributed by atoms with Gasteiger partial charge in [0.25, 0.3) is 0 Å². The van der Waals surface area contributed by atoms with E-state index in [-0.39, 0.29) is 5.91 Å². The number of amides is 3. The first-order valence-corrected chi connectivity index (χ1v) is 7.56. The van der Waals surface area contributed by atoms with Gasteiger partial charge in [0.1, 0.15) is 6.33 Å². The first kappa shape index (κ1) is 16.0. The van der Waals surface area contributed by atoms with Gasteiger partial charge in [-0.25, -0.2) is 4.79 Å². The van der Waals surface area contributed by atoms with Crippen LogP contribution in [0.5, 0.6) is 0 Å². The molecule has 0 aliphatic heterocycles. The number of imide groups is 1. The average Bonchev–Trinajstić information content (AvgIpc) is 2.95. The van der Waals surface area contributed by atoms with Gasteiger partial charge in [-0.3, -0.25) is 14.7 Å². The molecule has 1 heterocycles. The third-order valence-electron chi connectivity index (χ3n) is 3.01. The van der Waals surface area contributed by atoms with Gasteiger partial charge in [0.15, 0.2) is 5.16 Å². The fraction of sp³-hybridized carbons (Fsp3) is 0.286. The summed E-state index contributed by atoms with van der Waals surface area (Å²) in [5.74, 6) is -0.385. The van der Waals surface area contributed by atoms with Gasteiger partial charge in [0.05, 0.1) is 10.9 Å². The Balaban J connectivity index is 2.15. The topological polar surface area (TPSA) is 88.9 Å². The largest absolute Gasteiger partial charge is 0.341 e. The summed E-state index contributed by atoms with van der Waals surface area (Å²) in [6.07, 6.45) is 1.61. The number of aryl methyl sites for hydroxylation is 1. The third-order valence-corrected chi connectivity index (χ3v) is 4.06. The number of nitrogens with zero attached hydrogens (tertiary/aromatic N) is 3. The molecule has 22 heavy (non-hydrogen) atoms. The Bertz CT molecular complexity index is 685. The number of hydrogen-bond donors (Lipinski definition) is 2. The van der Waals surface area contributed by atoms with Crippen LogP contribution in [0.2, 0.25) is 0 Å². The molecule has 0 spiro atoms. The second-order valence-electron chi connectivity index (χ2n) is 4.60. The fourth-order valence-corrected chi connectivity index (χ4v) is 2.63. The molecule has 2 rings (SSSR count). The van der Waals surface area contributed by atoms with Gasteiger partial charge in [-0.2, -0.15) is 0 Å². The van der Waals surface area contributed by atoms with Crippen LogP contribution >= 0.6 is 11.8 Å². The Kier molecular flexibility index (Phi) is 5.16. The summed E-state index contributed by atoms with van der Waals surface area (Å²) >= 11 is 1.24. The number of urea groups is 1. The lowest BCUT2D eigenvalue weighted by atomic mass is 10.2. The van der Waals surface area contributed by atoms with Crippen molar-refractivity contribution in [3.63, 3.8) is 0 Å². The minimum Gasteiger partial charge on any atom is -0.341 e. The maximum atomic E-state index is 11.9. The molecule has 0 bridgehead atoms. The van der Waals surface area contributed by atoms with E-state index in [9.17, 15) is 9.59 Å². The molecule has 2 aromatic rings. The molecule has 1 aromatic heterocycles. The molecule has 1 aromatic carbocycles. The summed E-state index contributed by atoms with van der Waals surface area (Å²) in [6.45, 7) is 3.70. The van der Waals surface area contributed by atoms with Crippen molar-refractivity contribution < 1.29 is 9.59 Å². The molecular weight excluding hydrogens is 302 g/mol. The zero-order valence-electron chi connectivity index (χ0n) is 12.5. The fourth-order valence-electron chi connectivity index (χ4n) is 1.79. The van der Waals surface area contributed by atoms with Crippen LogP contribution in [-0.4, -0.2) is 39.0 Å². The SMILES string of the molecule is CNC(=O)NC(=O)C(C)Sc1nncn1-c1ccccc1C. The number of benzene rings is 1. The minimum absolute atomic E-state index is 0.385. The van der Waals surface area contributed by atoms with Crippen molar-refractivity contribution in [1.29, 1.82) is 0 Å². The lowest BCUT2D eigenvalue weighted by molar-refractivity contribution is -0.119. The van der Waals surface area contributed by atoms with Crippen LogP contribution in [0.3, 0.4) is 0 Å². The second-order valence-corrected chi connectivity index (χ2v) is 5.91. The third kappa shape index (κ3) is 3.64. The molecule has 1 atom stereocenters. The molecule has 0 aliphatic rings. The number of thioether (sulfide) groups is 1. The lowest BCUT2D eigenvalue weighted by Gasteiger charge is -2.12. The van der Waals surface area contributed by atoms with Crippen LogP contribution in [0.4, 0.5) is 4.79 Å². The smallest absolute Gasteiger partial charge is 0.321 e. The van der Waals surface area contributed by atoms with Crippen molar-refractivity contribution in [3.05, 3.63) is 36.2 Å². The Morgan fingerprint density at radius 3 is 2.73 bits per heavy atom. The van der Waals surface area contributed by atoms with E-state index in [0.717, 1.165) is 11.3 Å². The molecule has 1 unspecified atom stereocenters. The van der Waals surface area contributed by atoms with Gasteiger partial charge in [-0.1, -0.05) is 30.0 Å². The number of aromatic nitrogens is 3. The average molecular weight is 319 g/mol. The molecule has 7 nitrogen and oxygen atoms in total. The Morgan fingerprint density at radius 2 is 2.05 bits per heavy atom. The number of carbonyl (C=O) groups excluding carboxylic acids is 2. The summed E-state index contributed by atoms with van der Waals surface area (Å²) in [7, 11) is 1.45. The molecule has 0 radical (unpaired) electrons. The van der Waals surface area contributed by atoms with Gasteiger partial charge in [-0.15, -0.1) is 10.2 Å². The number of rotatable bonds is 4. The van der Waals surface area contributed by atoms with Gasteiger partial charge in [0.2, 0.25) is 5.91 Å². The normalized spacial score (nSPS) is 11.8. The van der Waals surface area contributed by atoms with Crippen LogP contribution in [0, 0.1) is 6.92 Å². The van der Waals surface area contributed by atoms with Crippen LogP contribution in [0.1, 0.15) is 12.5 Å². The Labute approximate surface area is 132 Å². The van der Waals surface area contributed by atoms with E-state index in [1.54, 1.807) is 13.3 Å². The molecule has 2 N–H and O–H groups in total. The highest BCUT2D eigenvalue weighted by molar-refractivity contribution is 8.00. The first-order chi connectivity index (χ1) is 10.5. The Morgan fingerprint density at radius 1 is 1.32 bits per heavy atom. The molecule has 8 heteroatoms. The van der Waals surface area contributed by atoms with Crippen molar-refractivity contribution in [2.75, 3.05) is 7.05 Å². The van der Waals surface area contributed by atoms with Crippen molar-refractivity contribution in [2.24, 2.45) is 0 Å². The summed E-state index contributed by atoms with van der Waals surface area (Å²) in [5, 5.41) is 12.7. The number of hydrogen-bond acceptors (Lipinski definition) is 5. The second kappa shape index (κ2) is 7.08. The zero-order valence-corrected chi connectivity index (χ0v) is 13.3. The predicted molar refractivity (Wildman–Crippen MR) is 84.0 cm³/mol. The van der Waals surface area contributed by atoms with E-state index in [4.69, 9.17) is 0 Å². The van der Waals surface area contributed by atoms with E-state index in [2.05, 4.69) is 20.8 Å². The maximum Gasteiger partial charge on any atom is 0.321 e. The van der Waals surface area contributed by atoms with Crippen molar-refractivity contribution in [2.45, 2.75) is 24.3 Å². The Hall–Kier alpha value is -2.35. The summed E-state index contributed by atoms with van der Waals surface area (Å²) in [4.78, 5) is 23.1. The van der Waals surface area contributed by atoms with E-state index >= 15 is 0 Å². The van der Waals surface area contributed by atoms with Crippen LogP contribution < -0.4 is 10.6 Å². The number of para-hydroxylation sites is 1. The van der Waals surface area contributed by atoms with Crippen molar-refractivity contribution in [3.8, 4) is 5.69 Å². The number of carbonyl (C=O) groups is 2.